The van der Waals surface area contributed by atoms with E-state index in [0.717, 1.165) is 0 Å². The molecule has 2 rings (SSSR count). The molecule has 1 saturated carbocycles. The lowest BCUT2D eigenvalue weighted by Gasteiger charge is -2.20. The van der Waals surface area contributed by atoms with Gasteiger partial charge in [0.2, 0.25) is 5.91 Å². The molecule has 1 aliphatic rings. The normalized spacial score (nSPS) is 17.9. The summed E-state index contributed by atoms with van der Waals surface area (Å²) in [6.45, 7) is 2.64. The Labute approximate surface area is 107 Å². The fourth-order valence-electron chi connectivity index (χ4n) is 2.53. The Bertz CT molecular complexity index is 397. The van der Waals surface area contributed by atoms with Gasteiger partial charge in [-0.25, -0.2) is 4.68 Å². The van der Waals surface area contributed by atoms with Crippen LogP contribution < -0.4 is 11.1 Å². The molecule has 1 aromatic heterocycles. The van der Waals surface area contributed by atoms with Crippen molar-refractivity contribution >= 4 is 5.91 Å². The molecule has 1 heterocycles. The standard InChI is InChI=1S/C12H21N5O/c1-9(10-4-2-3-5-10)14-12(18)8-17-7-11(6-13)15-16-17/h7,9-10H,2-6,8,13H2,1H3,(H,14,18). The molecule has 3 N–H and O–H groups in total. The highest BCUT2D eigenvalue weighted by Gasteiger charge is 2.22. The van der Waals surface area contributed by atoms with E-state index in [1.54, 1.807) is 6.20 Å². The van der Waals surface area contributed by atoms with Gasteiger partial charge >= 0.3 is 0 Å². The van der Waals surface area contributed by atoms with Gasteiger partial charge in [-0.15, -0.1) is 5.10 Å². The zero-order chi connectivity index (χ0) is 13.0. The van der Waals surface area contributed by atoms with Crippen LogP contribution in [-0.2, 0) is 17.9 Å². The van der Waals surface area contributed by atoms with E-state index in [1.165, 1.54) is 30.4 Å². The zero-order valence-electron chi connectivity index (χ0n) is 10.8. The van der Waals surface area contributed by atoms with Gasteiger partial charge in [-0.05, 0) is 25.7 Å². The van der Waals surface area contributed by atoms with Crippen molar-refractivity contribution in [3.8, 4) is 0 Å². The molecule has 0 spiro atoms. The monoisotopic (exact) mass is 251 g/mol. The second kappa shape index (κ2) is 5.95. The minimum atomic E-state index is -0.0112. The largest absolute Gasteiger partial charge is 0.352 e. The number of nitrogens with zero attached hydrogens (tertiary/aromatic N) is 3. The smallest absolute Gasteiger partial charge is 0.242 e. The second-order valence-corrected chi connectivity index (χ2v) is 5.01. The Morgan fingerprint density at radius 1 is 1.61 bits per heavy atom. The van der Waals surface area contributed by atoms with Gasteiger partial charge in [0.15, 0.2) is 0 Å². The number of amides is 1. The van der Waals surface area contributed by atoms with Gasteiger partial charge in [-0.2, -0.15) is 0 Å². The third-order valence-corrected chi connectivity index (χ3v) is 3.60. The van der Waals surface area contributed by atoms with Crippen LogP contribution in [0.4, 0.5) is 0 Å². The van der Waals surface area contributed by atoms with Crippen LogP contribution in [0.25, 0.3) is 0 Å². The van der Waals surface area contributed by atoms with E-state index in [-0.39, 0.29) is 18.5 Å². The molecule has 6 nitrogen and oxygen atoms in total. The van der Waals surface area contributed by atoms with Crippen LogP contribution in [0.15, 0.2) is 6.20 Å². The van der Waals surface area contributed by atoms with Crippen LogP contribution in [0.1, 0.15) is 38.3 Å². The molecule has 0 radical (unpaired) electrons. The quantitative estimate of drug-likeness (QED) is 0.794. The number of hydrogen-bond donors (Lipinski definition) is 2. The van der Waals surface area contributed by atoms with E-state index in [0.29, 0.717) is 18.2 Å². The zero-order valence-corrected chi connectivity index (χ0v) is 10.8. The predicted molar refractivity (Wildman–Crippen MR) is 67.5 cm³/mol. The lowest BCUT2D eigenvalue weighted by atomic mass is 10.00. The van der Waals surface area contributed by atoms with Crippen LogP contribution >= 0.6 is 0 Å². The Morgan fingerprint density at radius 3 is 2.94 bits per heavy atom. The first-order valence-corrected chi connectivity index (χ1v) is 6.57. The summed E-state index contributed by atoms with van der Waals surface area (Å²) in [6.07, 6.45) is 6.73. The Kier molecular flexibility index (Phi) is 4.30. The molecule has 1 amide bonds. The average molecular weight is 251 g/mol. The average Bonchev–Trinajstić information content (AvgIpc) is 2.98. The fraction of sp³-hybridized carbons (Fsp3) is 0.750. The van der Waals surface area contributed by atoms with Crippen molar-refractivity contribution in [3.63, 3.8) is 0 Å². The van der Waals surface area contributed by atoms with E-state index >= 15 is 0 Å². The molecule has 1 unspecified atom stereocenters. The predicted octanol–water partition coefficient (Wildman–Crippen LogP) is 0.432. The van der Waals surface area contributed by atoms with Crippen molar-refractivity contribution in [1.29, 1.82) is 0 Å². The van der Waals surface area contributed by atoms with E-state index in [4.69, 9.17) is 5.73 Å². The minimum absolute atomic E-state index is 0.0112. The molecule has 100 valence electrons. The molecular weight excluding hydrogens is 230 g/mol. The van der Waals surface area contributed by atoms with E-state index in [1.807, 2.05) is 0 Å². The lowest BCUT2D eigenvalue weighted by Crippen LogP contribution is -2.39. The second-order valence-electron chi connectivity index (χ2n) is 5.01. The highest BCUT2D eigenvalue weighted by molar-refractivity contribution is 5.75. The number of aromatic nitrogens is 3. The van der Waals surface area contributed by atoms with Crippen LogP contribution in [0.5, 0.6) is 0 Å². The van der Waals surface area contributed by atoms with Crippen molar-refractivity contribution in [2.24, 2.45) is 11.7 Å². The van der Waals surface area contributed by atoms with Crippen molar-refractivity contribution in [3.05, 3.63) is 11.9 Å². The van der Waals surface area contributed by atoms with Crippen molar-refractivity contribution in [2.45, 2.75) is 51.7 Å². The molecule has 0 bridgehead atoms. The van der Waals surface area contributed by atoms with Crippen LogP contribution in [0.2, 0.25) is 0 Å². The first-order valence-electron chi connectivity index (χ1n) is 6.57. The summed E-state index contributed by atoms with van der Waals surface area (Å²) in [5.74, 6) is 0.618. The fourth-order valence-corrected chi connectivity index (χ4v) is 2.53. The summed E-state index contributed by atoms with van der Waals surface area (Å²) in [5, 5.41) is 10.7. The summed E-state index contributed by atoms with van der Waals surface area (Å²) >= 11 is 0. The number of rotatable bonds is 5. The number of nitrogens with two attached hydrogens (primary N) is 1. The van der Waals surface area contributed by atoms with Crippen molar-refractivity contribution in [2.75, 3.05) is 0 Å². The lowest BCUT2D eigenvalue weighted by molar-refractivity contribution is -0.122. The molecule has 1 atom stereocenters. The summed E-state index contributed by atoms with van der Waals surface area (Å²) in [4.78, 5) is 11.8. The summed E-state index contributed by atoms with van der Waals surface area (Å²) in [5.41, 5.74) is 6.14. The van der Waals surface area contributed by atoms with Gasteiger partial charge in [0.1, 0.15) is 6.54 Å². The molecule has 0 aliphatic heterocycles. The molecule has 1 fully saturated rings. The number of carbonyl (C=O) groups excluding carboxylic acids is 1. The van der Waals surface area contributed by atoms with Crippen molar-refractivity contribution in [1.82, 2.24) is 20.3 Å². The molecule has 0 saturated heterocycles. The Balaban J connectivity index is 1.80. The van der Waals surface area contributed by atoms with Crippen LogP contribution in [0.3, 0.4) is 0 Å². The maximum absolute atomic E-state index is 11.8. The van der Waals surface area contributed by atoms with E-state index < -0.39 is 0 Å². The SMILES string of the molecule is CC(NC(=O)Cn1cc(CN)nn1)C1CCCC1. The maximum Gasteiger partial charge on any atom is 0.242 e. The number of hydrogen-bond acceptors (Lipinski definition) is 4. The topological polar surface area (TPSA) is 85.8 Å². The number of nitrogens with one attached hydrogen (secondary N) is 1. The Morgan fingerprint density at radius 2 is 2.33 bits per heavy atom. The van der Waals surface area contributed by atoms with Crippen LogP contribution in [0, 0.1) is 5.92 Å². The Hall–Kier alpha value is -1.43. The van der Waals surface area contributed by atoms with Crippen molar-refractivity contribution < 1.29 is 4.79 Å². The minimum Gasteiger partial charge on any atom is -0.352 e. The van der Waals surface area contributed by atoms with E-state index in [9.17, 15) is 4.79 Å². The van der Waals surface area contributed by atoms with Gasteiger partial charge in [0.05, 0.1) is 11.9 Å². The summed E-state index contributed by atoms with van der Waals surface area (Å²) < 4.78 is 1.53. The summed E-state index contributed by atoms with van der Waals surface area (Å²) in [7, 11) is 0. The van der Waals surface area contributed by atoms with Gasteiger partial charge in [-0.1, -0.05) is 18.1 Å². The first kappa shape index (κ1) is 13.0. The van der Waals surface area contributed by atoms with Crippen LogP contribution in [-0.4, -0.2) is 26.9 Å². The molecule has 1 aliphatic carbocycles. The van der Waals surface area contributed by atoms with Gasteiger partial charge in [0.25, 0.3) is 0 Å². The third kappa shape index (κ3) is 3.29. The highest BCUT2D eigenvalue weighted by Crippen LogP contribution is 2.27. The van der Waals surface area contributed by atoms with Gasteiger partial charge < -0.3 is 11.1 Å². The molecule has 0 aromatic carbocycles. The van der Waals surface area contributed by atoms with Gasteiger partial charge in [-0.3, -0.25) is 4.79 Å². The van der Waals surface area contributed by atoms with Gasteiger partial charge in [0, 0.05) is 12.6 Å². The maximum atomic E-state index is 11.8. The molecule has 1 aromatic rings. The number of carbonyl (C=O) groups is 1. The molecular formula is C12H21N5O. The molecule has 18 heavy (non-hydrogen) atoms. The third-order valence-electron chi connectivity index (χ3n) is 3.60. The molecule has 6 heteroatoms. The first-order chi connectivity index (χ1) is 8.69. The summed E-state index contributed by atoms with van der Waals surface area (Å²) in [6, 6.07) is 0.248. The van der Waals surface area contributed by atoms with E-state index in [2.05, 4.69) is 22.6 Å². The highest BCUT2D eigenvalue weighted by atomic mass is 16.2.